The number of hydrogen-bond acceptors (Lipinski definition) is 6. The third kappa shape index (κ3) is 1.82. The fourth-order valence-electron chi connectivity index (χ4n) is 1.77. The van der Waals surface area contributed by atoms with Gasteiger partial charge in [0.25, 0.3) is 5.88 Å². The number of nitrogens with zero attached hydrogens (tertiary/aromatic N) is 4. The summed E-state index contributed by atoms with van der Waals surface area (Å²) in [4.78, 5) is 0. The Bertz CT molecular complexity index is 871. The fraction of sp³-hybridized carbons (Fsp3) is 0. The number of para-hydroxylation sites is 1. The Morgan fingerprint density at radius 2 is 1.95 bits per heavy atom. The highest BCUT2D eigenvalue weighted by atomic mass is 16.5. The molecule has 3 aromatic rings. The van der Waals surface area contributed by atoms with Crippen LogP contribution in [0.15, 0.2) is 40.9 Å². The lowest BCUT2D eigenvalue weighted by Gasteiger charge is -2.03. The number of furan rings is 1. The first-order valence-corrected chi connectivity index (χ1v) is 5.64. The Morgan fingerprint density at radius 3 is 2.75 bits per heavy atom. The molecule has 0 aliphatic rings. The van der Waals surface area contributed by atoms with Crippen molar-refractivity contribution in [3.8, 4) is 23.8 Å². The first-order chi connectivity index (χ1) is 9.83. The van der Waals surface area contributed by atoms with Crippen LogP contribution in [-0.2, 0) is 0 Å². The molecule has 6 heteroatoms. The normalized spacial score (nSPS) is 9.90. The van der Waals surface area contributed by atoms with Gasteiger partial charge < -0.3 is 9.15 Å². The lowest BCUT2D eigenvalue weighted by molar-refractivity contribution is 0.442. The quantitative estimate of drug-likeness (QED) is 0.704. The molecular weight excluding hydrogens is 256 g/mol. The molecule has 0 aliphatic carbocycles. The van der Waals surface area contributed by atoms with Crippen molar-refractivity contribution in [1.82, 2.24) is 10.2 Å². The Labute approximate surface area is 113 Å². The number of fused-ring (bicyclic) bond motifs is 1. The molecule has 0 spiro atoms. The van der Waals surface area contributed by atoms with Crippen LogP contribution in [0, 0.1) is 22.7 Å². The largest absolute Gasteiger partial charge is 0.442 e. The van der Waals surface area contributed by atoms with Crippen molar-refractivity contribution in [1.29, 1.82) is 10.5 Å². The van der Waals surface area contributed by atoms with E-state index >= 15 is 0 Å². The minimum Gasteiger partial charge on any atom is -0.442 e. The summed E-state index contributed by atoms with van der Waals surface area (Å²) >= 11 is 0. The van der Waals surface area contributed by atoms with Gasteiger partial charge in [-0.15, -0.1) is 5.10 Å². The Balaban J connectivity index is 2.16. The summed E-state index contributed by atoms with van der Waals surface area (Å²) < 4.78 is 10.9. The first-order valence-electron chi connectivity index (χ1n) is 5.64. The molecule has 0 N–H and O–H groups in total. The van der Waals surface area contributed by atoms with E-state index in [9.17, 15) is 0 Å². The molecular formula is C14H6N4O2. The molecule has 0 fully saturated rings. The van der Waals surface area contributed by atoms with Crippen molar-refractivity contribution < 1.29 is 9.15 Å². The van der Waals surface area contributed by atoms with Gasteiger partial charge in [-0.25, -0.2) is 0 Å². The molecule has 0 radical (unpaired) electrons. The van der Waals surface area contributed by atoms with Gasteiger partial charge in [-0.3, -0.25) is 0 Å². The Hall–Kier alpha value is -3.38. The molecule has 2 aromatic heterocycles. The highest BCUT2D eigenvalue weighted by molar-refractivity contribution is 5.86. The van der Waals surface area contributed by atoms with Gasteiger partial charge in [-0.05, 0) is 18.2 Å². The Morgan fingerprint density at radius 1 is 1.10 bits per heavy atom. The molecule has 1 aromatic carbocycles. The molecule has 0 amide bonds. The zero-order valence-electron chi connectivity index (χ0n) is 10.1. The predicted molar refractivity (Wildman–Crippen MR) is 67.8 cm³/mol. The smallest absolute Gasteiger partial charge is 0.257 e. The average molecular weight is 262 g/mol. The van der Waals surface area contributed by atoms with E-state index in [2.05, 4.69) is 10.2 Å². The van der Waals surface area contributed by atoms with Crippen molar-refractivity contribution in [2.45, 2.75) is 0 Å². The van der Waals surface area contributed by atoms with E-state index in [1.54, 1.807) is 24.3 Å². The summed E-state index contributed by atoms with van der Waals surface area (Å²) in [7, 11) is 0. The van der Waals surface area contributed by atoms with E-state index in [0.29, 0.717) is 11.0 Å². The molecule has 0 bridgehead atoms. The minimum absolute atomic E-state index is 0.0285. The van der Waals surface area contributed by atoms with Gasteiger partial charge >= 0.3 is 0 Å². The number of rotatable bonds is 2. The van der Waals surface area contributed by atoms with E-state index in [0.717, 1.165) is 0 Å². The molecule has 3 rings (SSSR count). The van der Waals surface area contributed by atoms with Crippen LogP contribution < -0.4 is 4.74 Å². The van der Waals surface area contributed by atoms with E-state index in [-0.39, 0.29) is 23.0 Å². The lowest BCUT2D eigenvalue weighted by Crippen LogP contribution is -1.94. The van der Waals surface area contributed by atoms with Crippen LogP contribution in [0.25, 0.3) is 11.0 Å². The third-order valence-electron chi connectivity index (χ3n) is 2.66. The number of hydrogen-bond donors (Lipinski definition) is 0. The van der Waals surface area contributed by atoms with Crippen LogP contribution in [-0.4, -0.2) is 10.2 Å². The van der Waals surface area contributed by atoms with Crippen molar-refractivity contribution in [2.24, 2.45) is 0 Å². The lowest BCUT2D eigenvalue weighted by atomic mass is 10.2. The van der Waals surface area contributed by atoms with Crippen LogP contribution in [0.4, 0.5) is 0 Å². The zero-order chi connectivity index (χ0) is 13.9. The second kappa shape index (κ2) is 4.71. The van der Waals surface area contributed by atoms with E-state index in [1.165, 1.54) is 12.3 Å². The van der Waals surface area contributed by atoms with E-state index < -0.39 is 0 Å². The third-order valence-corrected chi connectivity index (χ3v) is 2.66. The predicted octanol–water partition coefficient (Wildman–Crippen LogP) is 2.76. The standard InChI is InChI=1S/C14H6N4O2/c15-7-9-5-6-17-18-14(9)20-13-10-3-1-2-4-11(10)19-12(13)8-16/h1-6H. The molecule has 0 saturated heterocycles. The highest BCUT2D eigenvalue weighted by Crippen LogP contribution is 2.35. The SMILES string of the molecule is N#Cc1ccnnc1Oc1c(C#N)oc2ccccc12. The average Bonchev–Trinajstić information content (AvgIpc) is 2.86. The molecule has 0 aliphatic heterocycles. The van der Waals surface area contributed by atoms with Crippen molar-refractivity contribution >= 4 is 11.0 Å². The first kappa shape index (κ1) is 11.7. The minimum atomic E-state index is 0.0285. The maximum Gasteiger partial charge on any atom is 0.257 e. The molecule has 0 atom stereocenters. The maximum atomic E-state index is 9.10. The summed E-state index contributed by atoms with van der Waals surface area (Å²) in [6.07, 6.45) is 1.39. The summed E-state index contributed by atoms with van der Waals surface area (Å²) in [5.74, 6) is 0.305. The molecule has 94 valence electrons. The second-order valence-corrected chi connectivity index (χ2v) is 3.83. The summed E-state index contributed by atoms with van der Waals surface area (Å²) in [6.45, 7) is 0. The highest BCUT2D eigenvalue weighted by Gasteiger charge is 2.18. The van der Waals surface area contributed by atoms with Crippen LogP contribution in [0.1, 0.15) is 11.3 Å². The fourth-order valence-corrected chi connectivity index (χ4v) is 1.77. The van der Waals surface area contributed by atoms with Crippen LogP contribution in [0.3, 0.4) is 0 Å². The summed E-state index contributed by atoms with van der Waals surface area (Å²) in [6, 6.07) is 12.4. The van der Waals surface area contributed by atoms with Crippen LogP contribution >= 0.6 is 0 Å². The van der Waals surface area contributed by atoms with Gasteiger partial charge in [0.05, 0.1) is 11.6 Å². The van der Waals surface area contributed by atoms with Gasteiger partial charge in [0.1, 0.15) is 23.3 Å². The molecule has 20 heavy (non-hydrogen) atoms. The molecule has 0 unspecified atom stereocenters. The second-order valence-electron chi connectivity index (χ2n) is 3.83. The van der Waals surface area contributed by atoms with Crippen LogP contribution in [0.5, 0.6) is 11.6 Å². The Kier molecular flexibility index (Phi) is 2.76. The molecule has 2 heterocycles. The zero-order valence-corrected chi connectivity index (χ0v) is 10.1. The van der Waals surface area contributed by atoms with Gasteiger partial charge in [0, 0.05) is 0 Å². The van der Waals surface area contributed by atoms with Gasteiger partial charge in [0.15, 0.2) is 5.75 Å². The molecule has 6 nitrogen and oxygen atoms in total. The molecule has 0 saturated carbocycles. The monoisotopic (exact) mass is 262 g/mol. The van der Waals surface area contributed by atoms with Gasteiger partial charge in [-0.1, -0.05) is 12.1 Å². The number of benzene rings is 1. The topological polar surface area (TPSA) is 95.7 Å². The van der Waals surface area contributed by atoms with Crippen molar-refractivity contribution in [3.63, 3.8) is 0 Å². The van der Waals surface area contributed by atoms with Crippen molar-refractivity contribution in [3.05, 3.63) is 47.9 Å². The van der Waals surface area contributed by atoms with Crippen LogP contribution in [0.2, 0.25) is 0 Å². The van der Waals surface area contributed by atoms with Gasteiger partial charge in [0.2, 0.25) is 5.76 Å². The van der Waals surface area contributed by atoms with E-state index in [1.807, 2.05) is 12.1 Å². The number of aromatic nitrogens is 2. The summed E-state index contributed by atoms with van der Waals surface area (Å²) in [5.41, 5.74) is 0.760. The number of nitriles is 2. The van der Waals surface area contributed by atoms with E-state index in [4.69, 9.17) is 19.7 Å². The van der Waals surface area contributed by atoms with Gasteiger partial charge in [-0.2, -0.15) is 15.6 Å². The summed E-state index contributed by atoms with van der Waals surface area (Å²) in [5, 5.41) is 26.2. The van der Waals surface area contributed by atoms with Crippen molar-refractivity contribution in [2.75, 3.05) is 0 Å². The maximum absolute atomic E-state index is 9.10. The number of ether oxygens (including phenoxy) is 1.